The third-order valence-corrected chi connectivity index (χ3v) is 3.52. The van der Waals surface area contributed by atoms with E-state index in [1.165, 1.54) is 0 Å². The first kappa shape index (κ1) is 16.6. The molecule has 0 spiro atoms. The second-order valence-electron chi connectivity index (χ2n) is 6.92. The number of aromatic nitrogens is 1. The van der Waals surface area contributed by atoms with Crippen LogP contribution in [0.3, 0.4) is 0 Å². The third-order valence-electron chi connectivity index (χ3n) is 3.52. The van der Waals surface area contributed by atoms with E-state index in [4.69, 9.17) is 9.47 Å². The normalized spacial score (nSPS) is 18.9. The van der Waals surface area contributed by atoms with Crippen LogP contribution in [0.2, 0.25) is 0 Å². The maximum atomic E-state index is 12.1. The van der Waals surface area contributed by atoms with Gasteiger partial charge in [-0.3, -0.25) is 0 Å². The molecular formula is C17H26N2O3. The maximum absolute atomic E-state index is 12.1. The van der Waals surface area contributed by atoms with Crippen molar-refractivity contribution in [2.24, 2.45) is 5.92 Å². The molecular weight excluding hydrogens is 280 g/mol. The summed E-state index contributed by atoms with van der Waals surface area (Å²) >= 11 is 0. The van der Waals surface area contributed by atoms with Crippen LogP contribution in [0.15, 0.2) is 18.3 Å². The molecule has 0 aromatic carbocycles. The Kier molecular flexibility index (Phi) is 5.27. The number of piperidine rings is 1. The van der Waals surface area contributed by atoms with Crippen molar-refractivity contribution in [1.29, 1.82) is 0 Å². The summed E-state index contributed by atoms with van der Waals surface area (Å²) < 4.78 is 11.2. The highest BCUT2D eigenvalue weighted by Crippen LogP contribution is 2.20. The number of carbonyl (C=O) groups excluding carboxylic acids is 1. The van der Waals surface area contributed by atoms with E-state index in [9.17, 15) is 4.79 Å². The average molecular weight is 306 g/mol. The van der Waals surface area contributed by atoms with Gasteiger partial charge in [0.05, 0.1) is 6.61 Å². The Morgan fingerprint density at radius 3 is 2.82 bits per heavy atom. The van der Waals surface area contributed by atoms with Crippen LogP contribution in [0, 0.1) is 12.8 Å². The molecule has 1 aliphatic heterocycles. The Morgan fingerprint density at radius 1 is 1.41 bits per heavy atom. The number of ether oxygens (including phenoxy) is 2. The summed E-state index contributed by atoms with van der Waals surface area (Å²) in [5.74, 6) is 0.962. The van der Waals surface area contributed by atoms with Crippen LogP contribution < -0.4 is 4.74 Å². The lowest BCUT2D eigenvalue weighted by Gasteiger charge is -2.33. The average Bonchev–Trinajstić information content (AvgIpc) is 2.45. The number of likely N-dealkylation sites (tertiary alicyclic amines) is 1. The molecule has 1 aromatic rings. The van der Waals surface area contributed by atoms with Crippen molar-refractivity contribution in [3.05, 3.63) is 23.9 Å². The summed E-state index contributed by atoms with van der Waals surface area (Å²) in [7, 11) is 0. The Bertz CT molecular complexity index is 494. The molecule has 1 aliphatic rings. The predicted molar refractivity (Wildman–Crippen MR) is 85.0 cm³/mol. The molecule has 0 radical (unpaired) electrons. The molecule has 1 fully saturated rings. The molecule has 1 aromatic heterocycles. The van der Waals surface area contributed by atoms with Crippen molar-refractivity contribution < 1.29 is 14.3 Å². The molecule has 22 heavy (non-hydrogen) atoms. The fraction of sp³-hybridized carbons (Fsp3) is 0.647. The zero-order valence-electron chi connectivity index (χ0n) is 14.0. The van der Waals surface area contributed by atoms with E-state index in [0.29, 0.717) is 24.9 Å². The van der Waals surface area contributed by atoms with Gasteiger partial charge in [0.15, 0.2) is 0 Å². The van der Waals surface area contributed by atoms with Gasteiger partial charge in [-0.05, 0) is 46.1 Å². The molecule has 122 valence electrons. The van der Waals surface area contributed by atoms with Crippen molar-refractivity contribution in [3.8, 4) is 5.88 Å². The van der Waals surface area contributed by atoms with Crippen LogP contribution in [0.5, 0.6) is 5.88 Å². The number of nitrogens with zero attached hydrogens (tertiary/aromatic N) is 2. The van der Waals surface area contributed by atoms with E-state index >= 15 is 0 Å². The summed E-state index contributed by atoms with van der Waals surface area (Å²) in [6.45, 7) is 9.68. The lowest BCUT2D eigenvalue weighted by molar-refractivity contribution is 0.0138. The second-order valence-corrected chi connectivity index (χ2v) is 6.92. The first-order valence-electron chi connectivity index (χ1n) is 7.87. The number of aryl methyl sites for hydroxylation is 1. The Morgan fingerprint density at radius 2 is 2.18 bits per heavy atom. The summed E-state index contributed by atoms with van der Waals surface area (Å²) in [6.07, 6.45) is 3.61. The summed E-state index contributed by atoms with van der Waals surface area (Å²) in [5.41, 5.74) is 0.660. The van der Waals surface area contributed by atoms with Crippen molar-refractivity contribution >= 4 is 6.09 Å². The van der Waals surface area contributed by atoms with Gasteiger partial charge in [-0.2, -0.15) is 0 Å². The molecule has 0 saturated carbocycles. The van der Waals surface area contributed by atoms with Crippen LogP contribution in [-0.2, 0) is 4.74 Å². The van der Waals surface area contributed by atoms with Crippen LogP contribution in [0.4, 0.5) is 4.79 Å². The molecule has 0 bridgehead atoms. The molecule has 1 amide bonds. The first-order valence-corrected chi connectivity index (χ1v) is 7.87. The molecule has 0 aliphatic carbocycles. The highest BCUT2D eigenvalue weighted by atomic mass is 16.6. The molecule has 2 heterocycles. The zero-order chi connectivity index (χ0) is 16.2. The van der Waals surface area contributed by atoms with Crippen LogP contribution in [0.25, 0.3) is 0 Å². The van der Waals surface area contributed by atoms with E-state index in [1.54, 1.807) is 11.1 Å². The van der Waals surface area contributed by atoms with Crippen LogP contribution in [0.1, 0.15) is 39.2 Å². The van der Waals surface area contributed by atoms with Gasteiger partial charge in [-0.15, -0.1) is 0 Å². The zero-order valence-corrected chi connectivity index (χ0v) is 14.0. The first-order chi connectivity index (χ1) is 10.3. The Balaban J connectivity index is 1.82. The van der Waals surface area contributed by atoms with Gasteiger partial charge >= 0.3 is 6.09 Å². The van der Waals surface area contributed by atoms with Gasteiger partial charge in [-0.25, -0.2) is 9.78 Å². The van der Waals surface area contributed by atoms with E-state index in [0.717, 1.165) is 24.9 Å². The van der Waals surface area contributed by atoms with Crippen molar-refractivity contribution in [2.45, 2.75) is 46.1 Å². The molecule has 5 nitrogen and oxygen atoms in total. The number of pyridine rings is 1. The minimum atomic E-state index is -0.452. The third kappa shape index (κ3) is 5.20. The number of hydrogen-bond acceptors (Lipinski definition) is 4. The van der Waals surface area contributed by atoms with Crippen molar-refractivity contribution in [2.75, 3.05) is 19.7 Å². The minimum absolute atomic E-state index is 0.231. The summed E-state index contributed by atoms with van der Waals surface area (Å²) in [6, 6.07) is 3.86. The maximum Gasteiger partial charge on any atom is 0.410 e. The molecule has 1 saturated heterocycles. The quantitative estimate of drug-likeness (QED) is 0.858. The van der Waals surface area contributed by atoms with Gasteiger partial charge in [0.1, 0.15) is 5.60 Å². The van der Waals surface area contributed by atoms with Gasteiger partial charge in [0.2, 0.25) is 5.88 Å². The highest BCUT2D eigenvalue weighted by molar-refractivity contribution is 5.68. The van der Waals surface area contributed by atoms with Crippen LogP contribution >= 0.6 is 0 Å². The van der Waals surface area contributed by atoms with Crippen LogP contribution in [-0.4, -0.2) is 41.3 Å². The highest BCUT2D eigenvalue weighted by Gasteiger charge is 2.27. The van der Waals surface area contributed by atoms with Crippen molar-refractivity contribution in [1.82, 2.24) is 9.88 Å². The number of amides is 1. The SMILES string of the molecule is Cc1ccc(OC[C@H]2CCCN(C(=O)OC(C)(C)C)C2)nc1. The largest absolute Gasteiger partial charge is 0.477 e. The monoisotopic (exact) mass is 306 g/mol. The van der Waals surface area contributed by atoms with Gasteiger partial charge in [-0.1, -0.05) is 6.07 Å². The lowest BCUT2D eigenvalue weighted by Crippen LogP contribution is -2.44. The molecule has 0 N–H and O–H groups in total. The van der Waals surface area contributed by atoms with Gasteiger partial charge < -0.3 is 14.4 Å². The lowest BCUT2D eigenvalue weighted by atomic mass is 9.99. The molecule has 0 unspecified atom stereocenters. The van der Waals surface area contributed by atoms with E-state index < -0.39 is 5.60 Å². The molecule has 1 atom stereocenters. The van der Waals surface area contributed by atoms with E-state index in [2.05, 4.69) is 4.98 Å². The predicted octanol–water partition coefficient (Wildman–Crippen LogP) is 3.42. The van der Waals surface area contributed by atoms with Gasteiger partial charge in [0.25, 0.3) is 0 Å². The fourth-order valence-corrected chi connectivity index (χ4v) is 2.44. The second kappa shape index (κ2) is 6.99. The van der Waals surface area contributed by atoms with Gasteiger partial charge in [0, 0.05) is 31.3 Å². The molecule has 2 rings (SSSR count). The van der Waals surface area contributed by atoms with Crippen molar-refractivity contribution in [3.63, 3.8) is 0 Å². The fourth-order valence-electron chi connectivity index (χ4n) is 2.44. The topological polar surface area (TPSA) is 51.7 Å². The molecule has 5 heteroatoms. The summed E-state index contributed by atoms with van der Waals surface area (Å²) in [4.78, 5) is 18.1. The minimum Gasteiger partial charge on any atom is -0.477 e. The van der Waals surface area contributed by atoms with E-state index in [1.807, 2.05) is 39.8 Å². The number of hydrogen-bond donors (Lipinski definition) is 0. The Hall–Kier alpha value is -1.78. The number of carbonyl (C=O) groups is 1. The standard InChI is InChI=1S/C17H26N2O3/c1-13-7-8-15(18-10-13)21-12-14-6-5-9-19(11-14)16(20)22-17(2,3)4/h7-8,10,14H,5-6,9,11-12H2,1-4H3/t14-/m0/s1. The smallest absolute Gasteiger partial charge is 0.410 e. The summed E-state index contributed by atoms with van der Waals surface area (Å²) in [5, 5.41) is 0. The van der Waals surface area contributed by atoms with E-state index in [-0.39, 0.29) is 6.09 Å². The number of rotatable bonds is 3. The Labute approximate surface area is 132 Å².